The molecule has 0 aliphatic carbocycles. The Bertz CT molecular complexity index is 841. The molecule has 0 saturated carbocycles. The Labute approximate surface area is 136 Å². The molecule has 1 atom stereocenters. The summed E-state index contributed by atoms with van der Waals surface area (Å²) in [6, 6.07) is -0.654. The zero-order valence-corrected chi connectivity index (χ0v) is 13.4. The molecule has 1 fully saturated rings. The van der Waals surface area contributed by atoms with Gasteiger partial charge in [-0.25, -0.2) is 4.98 Å². The zero-order valence-electron chi connectivity index (χ0n) is 13.4. The summed E-state index contributed by atoms with van der Waals surface area (Å²) in [5.74, 6) is -0.290. The number of methoxy groups -OCH3 is 1. The molecule has 2 aromatic rings. The summed E-state index contributed by atoms with van der Waals surface area (Å²) in [4.78, 5) is 44.6. The highest BCUT2D eigenvalue weighted by Gasteiger charge is 2.32. The number of esters is 1. The van der Waals surface area contributed by atoms with Crippen LogP contribution in [0.3, 0.4) is 0 Å². The molecule has 128 valence electrons. The van der Waals surface area contributed by atoms with Crippen molar-refractivity contribution in [3.8, 4) is 0 Å². The molecule has 3 heterocycles. The fourth-order valence-electron chi connectivity index (χ4n) is 2.76. The first-order valence-electron chi connectivity index (χ1n) is 7.49. The van der Waals surface area contributed by atoms with E-state index < -0.39 is 12.0 Å². The number of ether oxygens (including phenoxy) is 1. The molecule has 0 bridgehead atoms. The third kappa shape index (κ3) is 3.00. The summed E-state index contributed by atoms with van der Waals surface area (Å²) < 4.78 is 6.17. The molecule has 2 N–H and O–H groups in total. The van der Waals surface area contributed by atoms with Crippen LogP contribution in [0.15, 0.2) is 11.0 Å². The van der Waals surface area contributed by atoms with Crippen LogP contribution in [0.25, 0.3) is 11.0 Å². The minimum atomic E-state index is -0.654. The highest BCUT2D eigenvalue weighted by molar-refractivity contribution is 5.87. The van der Waals surface area contributed by atoms with Crippen LogP contribution < -0.4 is 10.9 Å². The smallest absolute Gasteiger partial charge is 0.307 e. The number of carbonyl (C=O) groups excluding carboxylic acids is 2. The Hall–Kier alpha value is -2.75. The Kier molecular flexibility index (Phi) is 4.30. The van der Waals surface area contributed by atoms with Crippen molar-refractivity contribution in [3.05, 3.63) is 22.4 Å². The third-order valence-electron chi connectivity index (χ3n) is 4.03. The number of nitrogens with zero attached hydrogens (tertiary/aromatic N) is 4. The lowest BCUT2D eigenvalue weighted by atomic mass is 10.1. The number of rotatable bonds is 4. The second kappa shape index (κ2) is 6.40. The lowest BCUT2D eigenvalue weighted by Crippen LogP contribution is -2.55. The van der Waals surface area contributed by atoms with E-state index in [4.69, 9.17) is 0 Å². The summed E-state index contributed by atoms with van der Waals surface area (Å²) in [7, 11) is 2.98. The van der Waals surface area contributed by atoms with Gasteiger partial charge in [0, 0.05) is 20.1 Å². The molecule has 1 aliphatic heterocycles. The monoisotopic (exact) mass is 334 g/mol. The van der Waals surface area contributed by atoms with E-state index in [1.54, 1.807) is 11.9 Å². The second-order valence-electron chi connectivity index (χ2n) is 5.58. The van der Waals surface area contributed by atoms with E-state index in [2.05, 4.69) is 25.1 Å². The fraction of sp³-hybridized carbons (Fsp3) is 0.500. The fourth-order valence-corrected chi connectivity index (χ4v) is 2.76. The molecule has 10 nitrogen and oxygen atoms in total. The van der Waals surface area contributed by atoms with Gasteiger partial charge in [-0.05, 0) is 0 Å². The Balaban J connectivity index is 1.87. The molecule has 3 rings (SSSR count). The summed E-state index contributed by atoms with van der Waals surface area (Å²) >= 11 is 0. The summed E-state index contributed by atoms with van der Waals surface area (Å²) in [6.07, 6.45) is 1.40. The molecule has 10 heteroatoms. The number of aryl methyl sites for hydroxylation is 1. The van der Waals surface area contributed by atoms with Crippen molar-refractivity contribution in [1.82, 2.24) is 30.0 Å². The Morgan fingerprint density at radius 1 is 1.46 bits per heavy atom. The zero-order chi connectivity index (χ0) is 17.3. The average Bonchev–Trinajstić information content (AvgIpc) is 2.92. The maximum atomic E-state index is 12.1. The molecular formula is C14H18N6O4. The van der Waals surface area contributed by atoms with Gasteiger partial charge in [-0.1, -0.05) is 0 Å². The van der Waals surface area contributed by atoms with Crippen LogP contribution >= 0.6 is 0 Å². The number of amides is 1. The average molecular weight is 334 g/mol. The predicted molar refractivity (Wildman–Crippen MR) is 83.0 cm³/mol. The molecule has 0 radical (unpaired) electrons. The van der Waals surface area contributed by atoms with Gasteiger partial charge in [0.25, 0.3) is 5.56 Å². The maximum Gasteiger partial charge on any atom is 0.307 e. The van der Waals surface area contributed by atoms with E-state index in [0.29, 0.717) is 29.9 Å². The van der Waals surface area contributed by atoms with E-state index in [1.807, 2.05) is 0 Å². The van der Waals surface area contributed by atoms with Gasteiger partial charge >= 0.3 is 5.97 Å². The molecule has 0 spiro atoms. The molecule has 1 aliphatic rings. The van der Waals surface area contributed by atoms with E-state index in [9.17, 15) is 14.4 Å². The molecule has 1 amide bonds. The number of nitrogens with one attached hydrogen (secondary N) is 2. The standard InChI is InChI=1S/C14H18N6O4/c1-19-12-8(6-16-19)13(22)18-10(17-12)7-20-4-3-15-14(23)9(20)5-11(21)24-2/h6,9H,3-5,7H2,1-2H3,(H,15,23)(H,17,18,22)/t9-/m0/s1. The van der Waals surface area contributed by atoms with E-state index in [-0.39, 0.29) is 24.4 Å². The van der Waals surface area contributed by atoms with Crippen LogP contribution in [0.5, 0.6) is 0 Å². The van der Waals surface area contributed by atoms with Crippen LogP contribution in [0.2, 0.25) is 0 Å². The first-order valence-corrected chi connectivity index (χ1v) is 7.49. The van der Waals surface area contributed by atoms with Crippen molar-refractivity contribution in [3.63, 3.8) is 0 Å². The molecule has 2 aromatic heterocycles. The minimum absolute atomic E-state index is 0.0550. The van der Waals surface area contributed by atoms with Crippen molar-refractivity contribution < 1.29 is 14.3 Å². The third-order valence-corrected chi connectivity index (χ3v) is 4.03. The minimum Gasteiger partial charge on any atom is -0.469 e. The SMILES string of the molecule is COC(=O)C[C@H]1C(=O)NCCN1Cc1nc2c(cnn2C)c(=O)[nH]1. The number of H-pyrrole nitrogens is 1. The maximum absolute atomic E-state index is 12.1. The normalized spacial score (nSPS) is 18.6. The molecule has 0 aromatic carbocycles. The van der Waals surface area contributed by atoms with Crippen molar-refractivity contribution in [2.45, 2.75) is 19.0 Å². The molecule has 0 unspecified atom stereocenters. The number of hydrogen-bond acceptors (Lipinski definition) is 7. The van der Waals surface area contributed by atoms with Crippen LogP contribution in [-0.2, 0) is 27.9 Å². The van der Waals surface area contributed by atoms with E-state index in [1.165, 1.54) is 18.0 Å². The van der Waals surface area contributed by atoms with Gasteiger partial charge in [0.15, 0.2) is 5.65 Å². The van der Waals surface area contributed by atoms with Crippen molar-refractivity contribution in [1.29, 1.82) is 0 Å². The van der Waals surface area contributed by atoms with Crippen molar-refractivity contribution >= 4 is 22.9 Å². The number of hydrogen-bond donors (Lipinski definition) is 2. The first-order chi connectivity index (χ1) is 11.5. The van der Waals surface area contributed by atoms with Crippen LogP contribution in [0.1, 0.15) is 12.2 Å². The van der Waals surface area contributed by atoms with Crippen molar-refractivity contribution in [2.24, 2.45) is 7.05 Å². The Morgan fingerprint density at radius 3 is 3.00 bits per heavy atom. The summed E-state index contributed by atoms with van der Waals surface area (Å²) in [5, 5.41) is 7.15. The van der Waals surface area contributed by atoms with Gasteiger partial charge in [-0.2, -0.15) is 5.10 Å². The second-order valence-corrected chi connectivity index (χ2v) is 5.58. The number of carbonyl (C=O) groups is 2. The first kappa shape index (κ1) is 16.1. The van der Waals surface area contributed by atoms with Crippen LogP contribution in [0.4, 0.5) is 0 Å². The van der Waals surface area contributed by atoms with E-state index in [0.717, 1.165) is 0 Å². The van der Waals surface area contributed by atoms with Gasteiger partial charge in [-0.15, -0.1) is 0 Å². The Morgan fingerprint density at radius 2 is 2.25 bits per heavy atom. The summed E-state index contributed by atoms with van der Waals surface area (Å²) in [6.45, 7) is 1.25. The summed E-state index contributed by atoms with van der Waals surface area (Å²) in [5.41, 5.74) is 0.189. The topological polar surface area (TPSA) is 122 Å². The lowest BCUT2D eigenvalue weighted by molar-refractivity contribution is -0.146. The predicted octanol–water partition coefficient (Wildman–Crippen LogP) is -1.48. The largest absolute Gasteiger partial charge is 0.469 e. The lowest BCUT2D eigenvalue weighted by Gasteiger charge is -2.33. The van der Waals surface area contributed by atoms with Crippen LogP contribution in [0, 0.1) is 0 Å². The highest BCUT2D eigenvalue weighted by Crippen LogP contribution is 2.13. The van der Waals surface area contributed by atoms with Gasteiger partial charge < -0.3 is 15.0 Å². The van der Waals surface area contributed by atoms with Gasteiger partial charge in [-0.3, -0.25) is 24.0 Å². The number of piperazine rings is 1. The number of aromatic amines is 1. The van der Waals surface area contributed by atoms with Gasteiger partial charge in [0.05, 0.1) is 26.3 Å². The highest BCUT2D eigenvalue weighted by atomic mass is 16.5. The molecule has 1 saturated heterocycles. The molecular weight excluding hydrogens is 316 g/mol. The van der Waals surface area contributed by atoms with Gasteiger partial charge in [0.1, 0.15) is 17.3 Å². The van der Waals surface area contributed by atoms with Gasteiger partial charge in [0.2, 0.25) is 5.91 Å². The van der Waals surface area contributed by atoms with Crippen molar-refractivity contribution in [2.75, 3.05) is 20.2 Å². The molecule has 24 heavy (non-hydrogen) atoms. The number of aromatic nitrogens is 4. The van der Waals surface area contributed by atoms with E-state index >= 15 is 0 Å². The van der Waals surface area contributed by atoms with Crippen LogP contribution in [-0.4, -0.2) is 62.8 Å². The quantitative estimate of drug-likeness (QED) is 0.654. The number of fused-ring (bicyclic) bond motifs is 1.